The minimum Gasteiger partial charge on any atom is -0.392 e. The van der Waals surface area contributed by atoms with Crippen LogP contribution in [0.5, 0.6) is 0 Å². The number of nitrogens with one attached hydrogen (secondary N) is 1. The van der Waals surface area contributed by atoms with Gasteiger partial charge in [-0.1, -0.05) is 34.4 Å². The van der Waals surface area contributed by atoms with E-state index in [4.69, 9.17) is 28.0 Å². The standard InChI is InChI=1S/C17H18Cl2N4O2/c1-23-9-8-15(21-23)20-17(24)16(22-25-12-4-2-3-5-12)11-6-7-13(18)14(19)10-11/h6-10,12H,2-5H2,1H3,(H,20,21,24). The Kier molecular flexibility index (Phi) is 5.60. The summed E-state index contributed by atoms with van der Waals surface area (Å²) < 4.78 is 1.60. The van der Waals surface area contributed by atoms with Crippen molar-refractivity contribution in [2.45, 2.75) is 31.8 Å². The number of rotatable bonds is 5. The number of oxime groups is 1. The van der Waals surface area contributed by atoms with Gasteiger partial charge >= 0.3 is 0 Å². The molecule has 1 heterocycles. The lowest BCUT2D eigenvalue weighted by molar-refractivity contribution is -0.110. The van der Waals surface area contributed by atoms with Gasteiger partial charge in [0.1, 0.15) is 6.10 Å². The van der Waals surface area contributed by atoms with Crippen LogP contribution in [0.25, 0.3) is 0 Å². The maximum Gasteiger partial charge on any atom is 0.279 e. The second kappa shape index (κ2) is 7.89. The van der Waals surface area contributed by atoms with Crippen LogP contribution < -0.4 is 5.32 Å². The molecule has 8 heteroatoms. The van der Waals surface area contributed by atoms with Crippen LogP contribution in [0.15, 0.2) is 35.6 Å². The van der Waals surface area contributed by atoms with Crippen LogP contribution >= 0.6 is 23.2 Å². The van der Waals surface area contributed by atoms with E-state index in [1.165, 1.54) is 0 Å². The number of hydrogen-bond acceptors (Lipinski definition) is 4. The molecule has 0 atom stereocenters. The summed E-state index contributed by atoms with van der Waals surface area (Å²) in [6, 6.07) is 6.60. The molecule has 1 aromatic heterocycles. The molecular weight excluding hydrogens is 363 g/mol. The summed E-state index contributed by atoms with van der Waals surface area (Å²) in [6.45, 7) is 0. The van der Waals surface area contributed by atoms with Crippen LogP contribution in [0.3, 0.4) is 0 Å². The van der Waals surface area contributed by atoms with Crippen LogP contribution in [0.2, 0.25) is 10.0 Å². The quantitative estimate of drug-likeness (QED) is 0.628. The Labute approximate surface area is 155 Å². The van der Waals surface area contributed by atoms with Gasteiger partial charge < -0.3 is 10.2 Å². The van der Waals surface area contributed by atoms with Crippen LogP contribution in [0.1, 0.15) is 31.2 Å². The Balaban J connectivity index is 1.85. The Morgan fingerprint density at radius 2 is 2.04 bits per heavy atom. The van der Waals surface area contributed by atoms with E-state index in [-0.39, 0.29) is 11.8 Å². The Morgan fingerprint density at radius 1 is 1.28 bits per heavy atom. The fourth-order valence-corrected chi connectivity index (χ4v) is 2.95. The van der Waals surface area contributed by atoms with E-state index in [9.17, 15) is 4.79 Å². The monoisotopic (exact) mass is 380 g/mol. The summed E-state index contributed by atoms with van der Waals surface area (Å²) in [6.07, 6.45) is 5.89. The molecule has 1 N–H and O–H groups in total. The lowest BCUT2D eigenvalue weighted by atomic mass is 10.1. The van der Waals surface area contributed by atoms with E-state index in [2.05, 4.69) is 15.6 Å². The third kappa shape index (κ3) is 4.52. The first-order chi connectivity index (χ1) is 12.0. The Morgan fingerprint density at radius 3 is 2.68 bits per heavy atom. The van der Waals surface area contributed by atoms with E-state index in [0.29, 0.717) is 21.4 Å². The lowest BCUT2D eigenvalue weighted by Gasteiger charge is -2.11. The predicted molar refractivity (Wildman–Crippen MR) is 98.2 cm³/mol. The predicted octanol–water partition coefficient (Wildman–Crippen LogP) is 4.03. The van der Waals surface area contributed by atoms with Crippen LogP contribution in [-0.2, 0) is 16.7 Å². The molecule has 6 nitrogen and oxygen atoms in total. The second-order valence-electron chi connectivity index (χ2n) is 5.91. The minimum atomic E-state index is -0.421. The number of aryl methyl sites for hydroxylation is 1. The molecule has 0 saturated heterocycles. The van der Waals surface area contributed by atoms with Crippen LogP contribution in [0.4, 0.5) is 5.82 Å². The first-order valence-electron chi connectivity index (χ1n) is 8.03. The zero-order valence-corrected chi connectivity index (χ0v) is 15.2. The van der Waals surface area contributed by atoms with E-state index in [1.807, 2.05) is 0 Å². The van der Waals surface area contributed by atoms with Gasteiger partial charge in [-0.3, -0.25) is 9.48 Å². The Hall–Kier alpha value is -2.05. The van der Waals surface area contributed by atoms with Gasteiger partial charge in [-0.25, -0.2) is 0 Å². The van der Waals surface area contributed by atoms with Gasteiger partial charge in [-0.15, -0.1) is 0 Å². The highest BCUT2D eigenvalue weighted by atomic mass is 35.5. The normalized spacial score (nSPS) is 15.4. The summed E-state index contributed by atoms with van der Waals surface area (Å²) in [5, 5.41) is 11.7. The first kappa shape index (κ1) is 17.8. The van der Waals surface area contributed by atoms with Crippen molar-refractivity contribution in [3.63, 3.8) is 0 Å². The number of carbonyl (C=O) groups is 1. The SMILES string of the molecule is Cn1ccc(NC(=O)C(=NOC2CCCC2)c2ccc(Cl)c(Cl)c2)n1. The number of carbonyl (C=O) groups excluding carboxylic acids is 1. The summed E-state index contributed by atoms with van der Waals surface area (Å²) in [7, 11) is 1.77. The van der Waals surface area contributed by atoms with Crippen molar-refractivity contribution in [1.29, 1.82) is 0 Å². The molecule has 132 valence electrons. The van der Waals surface area contributed by atoms with Crippen molar-refractivity contribution in [3.8, 4) is 0 Å². The number of halogens is 2. The number of aromatic nitrogens is 2. The fraction of sp³-hybridized carbons (Fsp3) is 0.353. The summed E-state index contributed by atoms with van der Waals surface area (Å²) in [5.74, 6) is 0.0104. The van der Waals surface area contributed by atoms with Gasteiger partial charge in [-0.2, -0.15) is 5.10 Å². The van der Waals surface area contributed by atoms with Crippen LogP contribution in [-0.4, -0.2) is 27.5 Å². The molecule has 0 radical (unpaired) electrons. The molecule has 0 bridgehead atoms. The van der Waals surface area contributed by atoms with Gasteiger partial charge in [0.15, 0.2) is 11.5 Å². The van der Waals surface area contributed by atoms with Crippen molar-refractivity contribution in [1.82, 2.24) is 9.78 Å². The van der Waals surface area contributed by atoms with E-state index >= 15 is 0 Å². The average molecular weight is 381 g/mol. The van der Waals surface area contributed by atoms with Gasteiger partial charge in [0.25, 0.3) is 5.91 Å². The molecule has 1 fully saturated rings. The minimum absolute atomic E-state index is 0.0421. The summed E-state index contributed by atoms with van der Waals surface area (Å²) in [5.41, 5.74) is 0.664. The van der Waals surface area contributed by atoms with Crippen molar-refractivity contribution >= 4 is 40.6 Å². The first-order valence-corrected chi connectivity index (χ1v) is 8.79. The van der Waals surface area contributed by atoms with Gasteiger partial charge in [0.05, 0.1) is 10.0 Å². The van der Waals surface area contributed by atoms with Crippen molar-refractivity contribution in [2.24, 2.45) is 12.2 Å². The molecule has 2 aromatic rings. The molecule has 1 saturated carbocycles. The molecule has 1 amide bonds. The number of nitrogens with zero attached hydrogens (tertiary/aromatic N) is 3. The molecule has 1 aromatic carbocycles. The lowest BCUT2D eigenvalue weighted by Crippen LogP contribution is -2.25. The number of hydrogen-bond donors (Lipinski definition) is 1. The molecule has 25 heavy (non-hydrogen) atoms. The van der Waals surface area contributed by atoms with Gasteiger partial charge in [0, 0.05) is 24.9 Å². The Bertz CT molecular complexity index is 798. The van der Waals surface area contributed by atoms with Gasteiger partial charge in [0.2, 0.25) is 0 Å². The molecular formula is C17H18Cl2N4O2. The third-order valence-electron chi connectivity index (χ3n) is 3.96. The van der Waals surface area contributed by atoms with Crippen LogP contribution in [0, 0.1) is 0 Å². The van der Waals surface area contributed by atoms with E-state index in [1.54, 1.807) is 42.2 Å². The molecule has 1 aliphatic rings. The fourth-order valence-electron chi connectivity index (χ4n) is 2.65. The molecule has 0 unspecified atom stereocenters. The maximum atomic E-state index is 12.7. The molecule has 1 aliphatic carbocycles. The number of anilines is 1. The highest BCUT2D eigenvalue weighted by Crippen LogP contribution is 2.24. The van der Waals surface area contributed by atoms with E-state index in [0.717, 1.165) is 25.7 Å². The van der Waals surface area contributed by atoms with Crippen molar-refractivity contribution < 1.29 is 9.63 Å². The maximum absolute atomic E-state index is 12.7. The summed E-state index contributed by atoms with van der Waals surface area (Å²) >= 11 is 12.0. The van der Waals surface area contributed by atoms with Gasteiger partial charge in [-0.05, 0) is 37.8 Å². The largest absolute Gasteiger partial charge is 0.392 e. The van der Waals surface area contributed by atoms with E-state index < -0.39 is 5.91 Å². The third-order valence-corrected chi connectivity index (χ3v) is 4.70. The number of amides is 1. The zero-order chi connectivity index (χ0) is 17.8. The molecule has 0 aliphatic heterocycles. The molecule has 3 rings (SSSR count). The number of benzene rings is 1. The average Bonchev–Trinajstić information content (AvgIpc) is 3.23. The highest BCUT2D eigenvalue weighted by Gasteiger charge is 2.21. The topological polar surface area (TPSA) is 68.5 Å². The zero-order valence-electron chi connectivity index (χ0n) is 13.7. The van der Waals surface area contributed by atoms with Crippen molar-refractivity contribution in [2.75, 3.05) is 5.32 Å². The smallest absolute Gasteiger partial charge is 0.279 e. The second-order valence-corrected chi connectivity index (χ2v) is 6.72. The summed E-state index contributed by atoms with van der Waals surface area (Å²) in [4.78, 5) is 18.3. The molecule has 0 spiro atoms. The highest BCUT2D eigenvalue weighted by molar-refractivity contribution is 6.49. The van der Waals surface area contributed by atoms with Crippen molar-refractivity contribution in [3.05, 3.63) is 46.1 Å².